The molecule has 0 aromatic heterocycles. The Balaban J connectivity index is 2.26. The van der Waals surface area contributed by atoms with E-state index in [-0.39, 0.29) is 0 Å². The quantitative estimate of drug-likeness (QED) is 0.739. The highest BCUT2D eigenvalue weighted by molar-refractivity contribution is 4.75. The number of nitrogens with zero attached hydrogens (tertiary/aromatic N) is 1. The maximum Gasteiger partial charge on any atom is 0.0506 e. The van der Waals surface area contributed by atoms with E-state index in [1.165, 1.54) is 19.4 Å². The van der Waals surface area contributed by atoms with E-state index in [0.717, 1.165) is 32.2 Å². The summed E-state index contributed by atoms with van der Waals surface area (Å²) < 4.78 is 5.55. The third-order valence-electron chi connectivity index (χ3n) is 4.04. The normalized spacial score (nSPS) is 24.9. The summed E-state index contributed by atoms with van der Waals surface area (Å²) in [6, 6.07) is 0.635. The summed E-state index contributed by atoms with van der Waals surface area (Å²) in [5.74, 6) is 1.44. The SMILES string of the molecule is CCNCC(C)C(C)N(C)CC1CCCOC1. The second kappa shape index (κ2) is 8.06. The molecular weight excluding hydrogens is 212 g/mol. The van der Waals surface area contributed by atoms with Crippen LogP contribution in [-0.2, 0) is 4.74 Å². The van der Waals surface area contributed by atoms with E-state index >= 15 is 0 Å². The Hall–Kier alpha value is -0.120. The first-order chi connectivity index (χ1) is 8.15. The molecule has 3 nitrogen and oxygen atoms in total. The molecule has 0 spiro atoms. The molecule has 0 saturated carbocycles. The molecule has 0 aromatic carbocycles. The standard InChI is InChI=1S/C14H30N2O/c1-5-15-9-12(2)13(3)16(4)10-14-7-6-8-17-11-14/h12-15H,5-11H2,1-4H3. The molecule has 3 unspecified atom stereocenters. The van der Waals surface area contributed by atoms with E-state index in [1.54, 1.807) is 0 Å². The van der Waals surface area contributed by atoms with Crippen LogP contribution in [0.25, 0.3) is 0 Å². The first-order valence-electron chi connectivity index (χ1n) is 7.13. The van der Waals surface area contributed by atoms with Crippen molar-refractivity contribution >= 4 is 0 Å². The maximum absolute atomic E-state index is 5.55. The first kappa shape index (κ1) is 14.9. The molecular formula is C14H30N2O. The molecule has 0 bridgehead atoms. The lowest BCUT2D eigenvalue weighted by atomic mass is 9.98. The van der Waals surface area contributed by atoms with Gasteiger partial charge in [-0.3, -0.25) is 0 Å². The monoisotopic (exact) mass is 242 g/mol. The molecule has 3 heteroatoms. The minimum absolute atomic E-state index is 0.635. The van der Waals surface area contributed by atoms with Gasteiger partial charge in [-0.25, -0.2) is 0 Å². The van der Waals surface area contributed by atoms with Gasteiger partial charge in [-0.2, -0.15) is 0 Å². The minimum Gasteiger partial charge on any atom is -0.381 e. The van der Waals surface area contributed by atoms with Crippen molar-refractivity contribution in [3.8, 4) is 0 Å². The predicted molar refractivity (Wildman–Crippen MR) is 73.3 cm³/mol. The van der Waals surface area contributed by atoms with Crippen molar-refractivity contribution < 1.29 is 4.74 Å². The lowest BCUT2D eigenvalue weighted by Crippen LogP contribution is -2.42. The number of hydrogen-bond donors (Lipinski definition) is 1. The summed E-state index contributed by atoms with van der Waals surface area (Å²) in [6.45, 7) is 12.1. The Kier molecular flexibility index (Phi) is 7.09. The number of rotatable bonds is 7. The molecule has 1 saturated heterocycles. The molecule has 0 radical (unpaired) electrons. The fraction of sp³-hybridized carbons (Fsp3) is 1.00. The topological polar surface area (TPSA) is 24.5 Å². The van der Waals surface area contributed by atoms with Gasteiger partial charge in [0.25, 0.3) is 0 Å². The van der Waals surface area contributed by atoms with Crippen LogP contribution in [0.15, 0.2) is 0 Å². The van der Waals surface area contributed by atoms with Crippen LogP contribution < -0.4 is 5.32 Å². The zero-order valence-corrected chi connectivity index (χ0v) is 12.0. The van der Waals surface area contributed by atoms with Gasteiger partial charge in [0.2, 0.25) is 0 Å². The number of nitrogens with one attached hydrogen (secondary N) is 1. The zero-order valence-electron chi connectivity index (χ0n) is 12.0. The smallest absolute Gasteiger partial charge is 0.0506 e. The van der Waals surface area contributed by atoms with Crippen LogP contribution in [0, 0.1) is 11.8 Å². The minimum atomic E-state index is 0.635. The molecule has 1 heterocycles. The van der Waals surface area contributed by atoms with Crippen molar-refractivity contribution in [3.05, 3.63) is 0 Å². The molecule has 17 heavy (non-hydrogen) atoms. The second-order valence-corrected chi connectivity index (χ2v) is 5.55. The van der Waals surface area contributed by atoms with Gasteiger partial charge in [-0.15, -0.1) is 0 Å². The van der Waals surface area contributed by atoms with Gasteiger partial charge in [-0.1, -0.05) is 13.8 Å². The van der Waals surface area contributed by atoms with E-state index in [1.807, 2.05) is 0 Å². The maximum atomic E-state index is 5.55. The van der Waals surface area contributed by atoms with Crippen molar-refractivity contribution in [1.82, 2.24) is 10.2 Å². The van der Waals surface area contributed by atoms with Crippen LogP contribution >= 0.6 is 0 Å². The molecule has 0 aliphatic carbocycles. The zero-order chi connectivity index (χ0) is 12.7. The Morgan fingerprint density at radius 1 is 1.41 bits per heavy atom. The molecule has 0 aromatic rings. The fourth-order valence-electron chi connectivity index (χ4n) is 2.50. The van der Waals surface area contributed by atoms with Crippen molar-refractivity contribution in [2.75, 3.05) is 39.9 Å². The van der Waals surface area contributed by atoms with Gasteiger partial charge in [0, 0.05) is 19.2 Å². The summed E-state index contributed by atoms with van der Waals surface area (Å²) in [4.78, 5) is 2.50. The van der Waals surface area contributed by atoms with E-state index in [9.17, 15) is 0 Å². The summed E-state index contributed by atoms with van der Waals surface area (Å²) >= 11 is 0. The molecule has 1 fully saturated rings. The Labute approximate surface area is 107 Å². The van der Waals surface area contributed by atoms with Gasteiger partial charge in [0.15, 0.2) is 0 Å². The van der Waals surface area contributed by atoms with Gasteiger partial charge in [-0.05, 0) is 51.7 Å². The van der Waals surface area contributed by atoms with Crippen LogP contribution in [-0.4, -0.2) is 50.8 Å². The molecule has 1 N–H and O–H groups in total. The highest BCUT2D eigenvalue weighted by Crippen LogP contribution is 2.17. The summed E-state index contributed by atoms with van der Waals surface area (Å²) in [5, 5.41) is 3.44. The third-order valence-corrected chi connectivity index (χ3v) is 4.04. The summed E-state index contributed by atoms with van der Waals surface area (Å²) in [5.41, 5.74) is 0. The highest BCUT2D eigenvalue weighted by atomic mass is 16.5. The van der Waals surface area contributed by atoms with Crippen LogP contribution in [0.4, 0.5) is 0 Å². The van der Waals surface area contributed by atoms with E-state index in [2.05, 4.69) is 38.0 Å². The summed E-state index contributed by atoms with van der Waals surface area (Å²) in [7, 11) is 2.25. The van der Waals surface area contributed by atoms with Gasteiger partial charge in [0.05, 0.1) is 6.61 Å². The Morgan fingerprint density at radius 3 is 2.76 bits per heavy atom. The lowest BCUT2D eigenvalue weighted by molar-refractivity contribution is 0.0334. The Bertz CT molecular complexity index is 193. The van der Waals surface area contributed by atoms with Crippen molar-refractivity contribution in [3.63, 3.8) is 0 Å². The van der Waals surface area contributed by atoms with Crippen molar-refractivity contribution in [1.29, 1.82) is 0 Å². The van der Waals surface area contributed by atoms with Gasteiger partial charge >= 0.3 is 0 Å². The van der Waals surface area contributed by atoms with Crippen molar-refractivity contribution in [2.24, 2.45) is 11.8 Å². The molecule has 1 aliphatic heterocycles. The second-order valence-electron chi connectivity index (χ2n) is 5.55. The molecule has 1 rings (SSSR count). The van der Waals surface area contributed by atoms with E-state index < -0.39 is 0 Å². The van der Waals surface area contributed by atoms with E-state index in [4.69, 9.17) is 4.74 Å². The van der Waals surface area contributed by atoms with Gasteiger partial charge in [0.1, 0.15) is 0 Å². The largest absolute Gasteiger partial charge is 0.381 e. The number of ether oxygens (including phenoxy) is 1. The third kappa shape index (κ3) is 5.36. The van der Waals surface area contributed by atoms with Crippen LogP contribution in [0.2, 0.25) is 0 Å². The molecule has 0 amide bonds. The van der Waals surface area contributed by atoms with Crippen molar-refractivity contribution in [2.45, 2.75) is 39.7 Å². The molecule has 3 atom stereocenters. The van der Waals surface area contributed by atoms with Gasteiger partial charge < -0.3 is 15.0 Å². The fourth-order valence-corrected chi connectivity index (χ4v) is 2.50. The Morgan fingerprint density at radius 2 is 2.18 bits per heavy atom. The number of hydrogen-bond acceptors (Lipinski definition) is 3. The average Bonchev–Trinajstić information content (AvgIpc) is 2.36. The molecule has 102 valence electrons. The average molecular weight is 242 g/mol. The predicted octanol–water partition coefficient (Wildman–Crippen LogP) is 1.98. The summed E-state index contributed by atoms with van der Waals surface area (Å²) in [6.07, 6.45) is 2.57. The first-order valence-corrected chi connectivity index (χ1v) is 7.13. The molecule has 1 aliphatic rings. The lowest BCUT2D eigenvalue weighted by Gasteiger charge is -2.34. The van der Waals surface area contributed by atoms with E-state index in [0.29, 0.717) is 12.0 Å². The van der Waals surface area contributed by atoms with Crippen LogP contribution in [0.5, 0.6) is 0 Å². The highest BCUT2D eigenvalue weighted by Gasteiger charge is 2.21. The van der Waals surface area contributed by atoms with Crippen LogP contribution in [0.1, 0.15) is 33.6 Å². The van der Waals surface area contributed by atoms with Crippen LogP contribution in [0.3, 0.4) is 0 Å².